The topological polar surface area (TPSA) is 65.4 Å². The van der Waals surface area contributed by atoms with Gasteiger partial charge in [-0.05, 0) is 29.8 Å². The maximum atomic E-state index is 13.0. The second-order valence-electron chi connectivity index (χ2n) is 5.55. The van der Waals surface area contributed by atoms with Gasteiger partial charge < -0.3 is 14.8 Å². The van der Waals surface area contributed by atoms with E-state index in [-0.39, 0.29) is 11.7 Å². The molecule has 1 heterocycles. The molecule has 7 heteroatoms. The summed E-state index contributed by atoms with van der Waals surface area (Å²) < 4.78 is 25.0. The Morgan fingerprint density at radius 1 is 1.12 bits per heavy atom. The number of hydrogen-bond donors (Lipinski definition) is 1. The van der Waals surface area contributed by atoms with Gasteiger partial charge in [-0.25, -0.2) is 4.39 Å². The minimum atomic E-state index is -0.337. The van der Waals surface area contributed by atoms with Crippen molar-refractivity contribution in [1.82, 2.24) is 9.78 Å². The quantitative estimate of drug-likeness (QED) is 0.736. The van der Waals surface area contributed by atoms with E-state index in [4.69, 9.17) is 9.47 Å². The van der Waals surface area contributed by atoms with Crippen molar-refractivity contribution in [3.05, 3.63) is 71.7 Å². The van der Waals surface area contributed by atoms with E-state index in [2.05, 4.69) is 10.4 Å². The summed E-state index contributed by atoms with van der Waals surface area (Å²) in [6.45, 7) is 0.474. The van der Waals surface area contributed by atoms with E-state index in [1.807, 2.05) is 0 Å². The molecule has 6 nitrogen and oxygen atoms in total. The molecule has 0 aliphatic heterocycles. The number of hydrogen-bond acceptors (Lipinski definition) is 4. The van der Waals surface area contributed by atoms with Crippen molar-refractivity contribution in [2.24, 2.45) is 0 Å². The van der Waals surface area contributed by atoms with Crippen LogP contribution in [-0.2, 0) is 6.54 Å². The summed E-state index contributed by atoms with van der Waals surface area (Å²) in [7, 11) is 3.03. The molecule has 0 aliphatic carbocycles. The van der Waals surface area contributed by atoms with Crippen LogP contribution in [0.25, 0.3) is 0 Å². The summed E-state index contributed by atoms with van der Waals surface area (Å²) in [5.41, 5.74) is 1.28. The average molecular weight is 355 g/mol. The Bertz CT molecular complexity index is 907. The lowest BCUT2D eigenvalue weighted by Gasteiger charge is -2.09. The normalized spacial score (nSPS) is 10.4. The molecule has 1 aromatic heterocycles. The molecule has 0 aliphatic rings. The van der Waals surface area contributed by atoms with Crippen LogP contribution in [0.2, 0.25) is 0 Å². The molecule has 1 amide bonds. The number of methoxy groups -OCH3 is 2. The highest BCUT2D eigenvalue weighted by Crippen LogP contribution is 2.25. The molecule has 0 spiro atoms. The van der Waals surface area contributed by atoms with Crippen molar-refractivity contribution in [1.29, 1.82) is 0 Å². The standard InChI is InChI=1S/C19H18FN3O3/c1-25-15-7-8-16(17(11-15)26-2)19(24)21-18-9-10-23(22-18)12-13-3-5-14(20)6-4-13/h3-11H,12H2,1-2H3,(H,21,22,24). The zero-order valence-electron chi connectivity index (χ0n) is 14.4. The summed E-state index contributed by atoms with van der Waals surface area (Å²) >= 11 is 0. The summed E-state index contributed by atoms with van der Waals surface area (Å²) in [6.07, 6.45) is 1.74. The lowest BCUT2D eigenvalue weighted by Crippen LogP contribution is -2.14. The average Bonchev–Trinajstić information content (AvgIpc) is 3.09. The van der Waals surface area contributed by atoms with Gasteiger partial charge in [0.15, 0.2) is 5.82 Å². The number of amides is 1. The molecule has 0 unspecified atom stereocenters. The van der Waals surface area contributed by atoms with Crippen LogP contribution in [0.15, 0.2) is 54.7 Å². The largest absolute Gasteiger partial charge is 0.497 e. The van der Waals surface area contributed by atoms with E-state index >= 15 is 0 Å². The van der Waals surface area contributed by atoms with Crippen LogP contribution >= 0.6 is 0 Å². The first-order valence-corrected chi connectivity index (χ1v) is 7.90. The number of carbonyl (C=O) groups is 1. The summed E-state index contributed by atoms with van der Waals surface area (Å²) in [4.78, 5) is 12.5. The molecule has 0 atom stereocenters. The van der Waals surface area contributed by atoms with Crippen LogP contribution in [0.5, 0.6) is 11.5 Å². The monoisotopic (exact) mass is 355 g/mol. The van der Waals surface area contributed by atoms with Gasteiger partial charge in [0.2, 0.25) is 0 Å². The van der Waals surface area contributed by atoms with Gasteiger partial charge >= 0.3 is 0 Å². The van der Waals surface area contributed by atoms with Crippen LogP contribution in [-0.4, -0.2) is 29.9 Å². The lowest BCUT2D eigenvalue weighted by atomic mass is 10.1. The Labute approximate surface area is 150 Å². The first kappa shape index (κ1) is 17.5. The van der Waals surface area contributed by atoms with Crippen molar-refractivity contribution in [3.8, 4) is 11.5 Å². The van der Waals surface area contributed by atoms with Gasteiger partial charge in [-0.1, -0.05) is 12.1 Å². The number of anilines is 1. The predicted molar refractivity (Wildman–Crippen MR) is 95.2 cm³/mol. The summed E-state index contributed by atoms with van der Waals surface area (Å²) in [6, 6.07) is 12.8. The van der Waals surface area contributed by atoms with E-state index < -0.39 is 0 Å². The maximum absolute atomic E-state index is 13.0. The third-order valence-corrected chi connectivity index (χ3v) is 3.79. The molecule has 3 rings (SSSR count). The van der Waals surface area contributed by atoms with Crippen molar-refractivity contribution >= 4 is 11.7 Å². The van der Waals surface area contributed by atoms with Crippen molar-refractivity contribution in [2.45, 2.75) is 6.54 Å². The zero-order chi connectivity index (χ0) is 18.5. The van der Waals surface area contributed by atoms with E-state index in [0.29, 0.717) is 29.4 Å². The molecule has 134 valence electrons. The minimum absolute atomic E-state index is 0.282. The van der Waals surface area contributed by atoms with Gasteiger partial charge in [-0.2, -0.15) is 5.10 Å². The number of aromatic nitrogens is 2. The molecule has 1 N–H and O–H groups in total. The summed E-state index contributed by atoms with van der Waals surface area (Å²) in [5, 5.41) is 7.04. The van der Waals surface area contributed by atoms with E-state index in [1.165, 1.54) is 19.2 Å². The minimum Gasteiger partial charge on any atom is -0.497 e. The Balaban J connectivity index is 1.70. The van der Waals surface area contributed by atoms with E-state index in [1.54, 1.807) is 54.4 Å². The lowest BCUT2D eigenvalue weighted by molar-refractivity contribution is 0.102. The Morgan fingerprint density at radius 2 is 1.88 bits per heavy atom. The summed E-state index contributed by atoms with van der Waals surface area (Å²) in [5.74, 6) is 0.802. The van der Waals surface area contributed by atoms with Crippen molar-refractivity contribution < 1.29 is 18.7 Å². The van der Waals surface area contributed by atoms with Gasteiger partial charge in [-0.15, -0.1) is 0 Å². The molecule has 0 saturated carbocycles. The fourth-order valence-corrected chi connectivity index (χ4v) is 2.46. The molecule has 0 fully saturated rings. The molecule has 0 radical (unpaired) electrons. The van der Waals surface area contributed by atoms with Crippen LogP contribution in [0.1, 0.15) is 15.9 Å². The first-order valence-electron chi connectivity index (χ1n) is 7.90. The molecule has 26 heavy (non-hydrogen) atoms. The molecular formula is C19H18FN3O3. The fourth-order valence-electron chi connectivity index (χ4n) is 2.46. The third-order valence-electron chi connectivity index (χ3n) is 3.79. The van der Waals surface area contributed by atoms with Crippen LogP contribution < -0.4 is 14.8 Å². The number of nitrogens with zero attached hydrogens (tertiary/aromatic N) is 2. The van der Waals surface area contributed by atoms with Gasteiger partial charge in [0, 0.05) is 18.3 Å². The SMILES string of the molecule is COc1ccc(C(=O)Nc2ccn(Cc3ccc(F)cc3)n2)c(OC)c1. The van der Waals surface area contributed by atoms with Gasteiger partial charge in [0.25, 0.3) is 5.91 Å². The van der Waals surface area contributed by atoms with Gasteiger partial charge in [0.1, 0.15) is 17.3 Å². The van der Waals surface area contributed by atoms with Crippen LogP contribution in [0.4, 0.5) is 10.2 Å². The van der Waals surface area contributed by atoms with Gasteiger partial charge in [-0.3, -0.25) is 9.48 Å². The number of halogens is 1. The molecule has 2 aromatic carbocycles. The molecule has 3 aromatic rings. The zero-order valence-corrected chi connectivity index (χ0v) is 14.4. The molecule has 0 saturated heterocycles. The second kappa shape index (κ2) is 7.69. The highest BCUT2D eigenvalue weighted by molar-refractivity contribution is 6.05. The molecular weight excluding hydrogens is 337 g/mol. The smallest absolute Gasteiger partial charge is 0.260 e. The van der Waals surface area contributed by atoms with E-state index in [9.17, 15) is 9.18 Å². The van der Waals surface area contributed by atoms with Gasteiger partial charge in [0.05, 0.1) is 26.3 Å². The Hall–Kier alpha value is -3.35. The Morgan fingerprint density at radius 3 is 2.58 bits per heavy atom. The fraction of sp³-hybridized carbons (Fsp3) is 0.158. The number of nitrogens with one attached hydrogen (secondary N) is 1. The third kappa shape index (κ3) is 4.00. The second-order valence-corrected chi connectivity index (χ2v) is 5.55. The maximum Gasteiger partial charge on any atom is 0.260 e. The highest BCUT2D eigenvalue weighted by Gasteiger charge is 2.14. The van der Waals surface area contributed by atoms with Crippen LogP contribution in [0, 0.1) is 5.82 Å². The predicted octanol–water partition coefficient (Wildman–Crippen LogP) is 3.34. The van der Waals surface area contributed by atoms with Crippen molar-refractivity contribution in [3.63, 3.8) is 0 Å². The number of ether oxygens (including phenoxy) is 2. The highest BCUT2D eigenvalue weighted by atomic mass is 19.1. The Kier molecular flexibility index (Phi) is 5.17. The number of benzene rings is 2. The molecule has 0 bridgehead atoms. The number of carbonyl (C=O) groups excluding carboxylic acids is 1. The van der Waals surface area contributed by atoms with Crippen LogP contribution in [0.3, 0.4) is 0 Å². The first-order chi connectivity index (χ1) is 12.6. The van der Waals surface area contributed by atoms with Crippen molar-refractivity contribution in [2.75, 3.05) is 19.5 Å². The number of rotatable bonds is 6. The van der Waals surface area contributed by atoms with E-state index in [0.717, 1.165) is 5.56 Å².